The van der Waals surface area contributed by atoms with Gasteiger partial charge < -0.3 is 40.7 Å². The number of hydrogen-bond donors (Lipinski definition) is 5. The van der Waals surface area contributed by atoms with E-state index in [1.54, 1.807) is 6.07 Å². The standard InChI is InChI=1S/C23H29N3O4.2C2HF3O2/c1-16(27)25-20-7-6-19(28)12-22(20)29-15-18(24)14-26-10-8-23(9-11-26)13-17-4-2-3-5-21(17)30-23;2*3-2(4,5)1(6)7/h2-7,12,18,28H,8-11,13-15,24H2,1H3,(H,25,27);2*(H,6,7)/t18-;;/m0../s1. The fraction of sp³-hybridized carbons (Fsp3) is 0.444. The van der Waals surface area contributed by atoms with Gasteiger partial charge in [-0.2, -0.15) is 26.3 Å². The number of carboxylic acids is 2. The molecule has 0 unspecified atom stereocenters. The Balaban J connectivity index is 0.000000402. The van der Waals surface area contributed by atoms with E-state index in [4.69, 9.17) is 35.0 Å². The summed E-state index contributed by atoms with van der Waals surface area (Å²) in [5.74, 6) is -4.20. The van der Waals surface area contributed by atoms with Gasteiger partial charge in [0.15, 0.2) is 0 Å². The third kappa shape index (κ3) is 11.4. The Morgan fingerprint density at radius 3 is 2.07 bits per heavy atom. The number of likely N-dealkylation sites (tertiary alicyclic amines) is 1. The number of carboxylic acid groups (broad SMARTS) is 2. The minimum Gasteiger partial charge on any atom is -0.508 e. The van der Waals surface area contributed by atoms with Crippen molar-refractivity contribution in [3.63, 3.8) is 0 Å². The number of alkyl halides is 6. The van der Waals surface area contributed by atoms with Gasteiger partial charge >= 0.3 is 24.3 Å². The van der Waals surface area contributed by atoms with Crippen LogP contribution in [0.4, 0.5) is 32.0 Å². The summed E-state index contributed by atoms with van der Waals surface area (Å²) in [7, 11) is 0. The number of benzene rings is 2. The van der Waals surface area contributed by atoms with E-state index in [0.29, 0.717) is 18.0 Å². The first-order valence-electron chi connectivity index (χ1n) is 12.9. The Bertz CT molecular complexity index is 1250. The van der Waals surface area contributed by atoms with Crippen molar-refractivity contribution in [2.75, 3.05) is 31.6 Å². The van der Waals surface area contributed by atoms with Crippen LogP contribution < -0.4 is 20.5 Å². The Morgan fingerprint density at radius 2 is 1.57 bits per heavy atom. The fourth-order valence-corrected chi connectivity index (χ4v) is 4.29. The molecule has 2 aromatic carbocycles. The summed E-state index contributed by atoms with van der Waals surface area (Å²) in [6, 6.07) is 12.7. The van der Waals surface area contributed by atoms with Crippen LogP contribution in [0.15, 0.2) is 42.5 Å². The Hall–Kier alpha value is -4.25. The SMILES string of the molecule is CC(=O)Nc1ccc(O)cc1OC[C@@H](N)CN1CCC2(CC1)Cc1ccccc1O2.O=C(O)C(F)(F)F.O=C(O)C(F)(F)F. The largest absolute Gasteiger partial charge is 0.508 e. The smallest absolute Gasteiger partial charge is 0.490 e. The predicted octanol–water partition coefficient (Wildman–Crippen LogP) is 3.79. The molecule has 4 rings (SSSR count). The molecule has 6 N–H and O–H groups in total. The number of aliphatic carboxylic acids is 2. The maximum Gasteiger partial charge on any atom is 0.490 e. The molecule has 0 bridgehead atoms. The molecule has 2 aromatic rings. The van der Waals surface area contributed by atoms with Crippen molar-refractivity contribution in [3.8, 4) is 17.2 Å². The number of amides is 1. The summed E-state index contributed by atoms with van der Waals surface area (Å²) in [4.78, 5) is 31.5. The molecule has 0 aromatic heterocycles. The molecule has 2 aliphatic heterocycles. The number of nitrogens with zero attached hydrogens (tertiary/aromatic N) is 1. The van der Waals surface area contributed by atoms with Crippen molar-refractivity contribution >= 4 is 23.5 Å². The summed E-state index contributed by atoms with van der Waals surface area (Å²) >= 11 is 0. The van der Waals surface area contributed by atoms with E-state index in [1.165, 1.54) is 24.6 Å². The van der Waals surface area contributed by atoms with Crippen LogP contribution in [0.3, 0.4) is 0 Å². The first-order chi connectivity index (χ1) is 20.3. The lowest BCUT2D eigenvalue weighted by Crippen LogP contribution is -2.51. The molecule has 1 fully saturated rings. The van der Waals surface area contributed by atoms with E-state index in [0.717, 1.165) is 44.6 Å². The second-order valence-electron chi connectivity index (χ2n) is 9.91. The van der Waals surface area contributed by atoms with Crippen LogP contribution in [0.5, 0.6) is 17.2 Å². The van der Waals surface area contributed by atoms with Gasteiger partial charge in [0.2, 0.25) is 5.91 Å². The van der Waals surface area contributed by atoms with Gasteiger partial charge in [-0.15, -0.1) is 0 Å². The molecular formula is C27H31F6N3O8. The Kier molecular flexibility index (Phi) is 12.2. The number of anilines is 1. The number of ether oxygens (including phenoxy) is 2. The summed E-state index contributed by atoms with van der Waals surface area (Å²) in [5, 5.41) is 26.7. The first-order valence-corrected chi connectivity index (χ1v) is 12.9. The van der Waals surface area contributed by atoms with Crippen LogP contribution in [0, 0.1) is 0 Å². The van der Waals surface area contributed by atoms with Crippen LogP contribution in [0.1, 0.15) is 25.3 Å². The highest BCUT2D eigenvalue weighted by Crippen LogP contribution is 2.40. The number of aromatic hydroxyl groups is 1. The average Bonchev–Trinajstić information content (AvgIpc) is 3.27. The van der Waals surface area contributed by atoms with Gasteiger partial charge in [-0.1, -0.05) is 18.2 Å². The molecule has 1 amide bonds. The van der Waals surface area contributed by atoms with Crippen LogP contribution in [-0.2, 0) is 20.8 Å². The van der Waals surface area contributed by atoms with Gasteiger partial charge in [0.25, 0.3) is 0 Å². The number of rotatable bonds is 6. The zero-order valence-corrected chi connectivity index (χ0v) is 23.2. The summed E-state index contributed by atoms with van der Waals surface area (Å²) < 4.78 is 75.6. The van der Waals surface area contributed by atoms with Crippen molar-refractivity contribution in [1.82, 2.24) is 4.90 Å². The van der Waals surface area contributed by atoms with E-state index in [1.807, 2.05) is 6.07 Å². The van der Waals surface area contributed by atoms with Crippen LogP contribution >= 0.6 is 0 Å². The average molecular weight is 640 g/mol. The number of phenols is 1. The minimum atomic E-state index is -5.08. The van der Waals surface area contributed by atoms with Gasteiger partial charge in [-0.05, 0) is 23.8 Å². The van der Waals surface area contributed by atoms with Gasteiger partial charge in [0, 0.05) is 51.9 Å². The molecule has 0 aliphatic carbocycles. The van der Waals surface area contributed by atoms with E-state index in [2.05, 4.69) is 28.4 Å². The Labute approximate surface area is 247 Å². The number of carbonyl (C=O) groups is 3. The highest BCUT2D eigenvalue weighted by molar-refractivity contribution is 5.90. The zero-order valence-electron chi connectivity index (χ0n) is 23.2. The molecule has 17 heteroatoms. The number of nitrogens with two attached hydrogens (primary N) is 1. The number of carbonyl (C=O) groups excluding carboxylic acids is 1. The van der Waals surface area contributed by atoms with Crippen LogP contribution in [0.25, 0.3) is 0 Å². The highest BCUT2D eigenvalue weighted by Gasteiger charge is 2.42. The van der Waals surface area contributed by atoms with Crippen molar-refractivity contribution in [2.45, 2.75) is 50.2 Å². The number of phenolic OH excluding ortho intramolecular Hbond substituents is 1. The van der Waals surface area contributed by atoms with E-state index in [9.17, 15) is 36.2 Å². The molecule has 1 spiro atoms. The van der Waals surface area contributed by atoms with Gasteiger partial charge in [0.05, 0.1) is 11.7 Å². The summed E-state index contributed by atoms with van der Waals surface area (Å²) in [6.07, 6.45) is -7.22. The third-order valence-electron chi connectivity index (χ3n) is 6.29. The van der Waals surface area contributed by atoms with Gasteiger partial charge in [-0.3, -0.25) is 4.79 Å². The lowest BCUT2D eigenvalue weighted by atomic mass is 9.87. The molecule has 2 heterocycles. The molecule has 1 atom stereocenters. The monoisotopic (exact) mass is 639 g/mol. The number of piperidine rings is 1. The minimum absolute atomic E-state index is 0.0738. The molecule has 0 radical (unpaired) electrons. The lowest BCUT2D eigenvalue weighted by molar-refractivity contribution is -0.193. The third-order valence-corrected chi connectivity index (χ3v) is 6.29. The predicted molar refractivity (Wildman–Crippen MR) is 142 cm³/mol. The summed E-state index contributed by atoms with van der Waals surface area (Å²) in [6.45, 7) is 4.31. The first kappa shape index (κ1) is 35.9. The van der Waals surface area contributed by atoms with Crippen LogP contribution in [0.2, 0.25) is 0 Å². The Morgan fingerprint density at radius 1 is 1.02 bits per heavy atom. The molecule has 11 nitrogen and oxygen atoms in total. The molecule has 44 heavy (non-hydrogen) atoms. The van der Waals surface area contributed by atoms with E-state index >= 15 is 0 Å². The molecule has 2 aliphatic rings. The van der Waals surface area contributed by atoms with Crippen molar-refractivity contribution in [2.24, 2.45) is 5.73 Å². The number of fused-ring (bicyclic) bond motifs is 1. The fourth-order valence-electron chi connectivity index (χ4n) is 4.29. The van der Waals surface area contributed by atoms with Crippen molar-refractivity contribution in [1.29, 1.82) is 0 Å². The molecule has 1 saturated heterocycles. The number of para-hydroxylation sites is 1. The topological polar surface area (TPSA) is 172 Å². The maximum absolute atomic E-state index is 11.4. The van der Waals surface area contributed by atoms with Gasteiger partial charge in [-0.25, -0.2) is 9.59 Å². The normalized spacial score (nSPS) is 16.2. The molecule has 0 saturated carbocycles. The van der Waals surface area contributed by atoms with E-state index < -0.39 is 24.3 Å². The maximum atomic E-state index is 11.4. The zero-order chi connectivity index (χ0) is 33.3. The quantitative estimate of drug-likeness (QED) is 0.231. The van der Waals surface area contributed by atoms with E-state index in [-0.39, 0.29) is 23.3 Å². The lowest BCUT2D eigenvalue weighted by Gasteiger charge is -2.39. The highest BCUT2D eigenvalue weighted by atomic mass is 19.4. The second kappa shape index (κ2) is 15.0. The second-order valence-corrected chi connectivity index (χ2v) is 9.91. The number of hydrogen-bond acceptors (Lipinski definition) is 8. The molecular weight excluding hydrogens is 608 g/mol. The van der Waals surface area contributed by atoms with Gasteiger partial charge in [0.1, 0.15) is 29.5 Å². The van der Waals surface area contributed by atoms with Crippen LogP contribution in [-0.4, -0.2) is 88.3 Å². The van der Waals surface area contributed by atoms with Crippen molar-refractivity contribution in [3.05, 3.63) is 48.0 Å². The number of halogens is 6. The summed E-state index contributed by atoms with van der Waals surface area (Å²) in [5.41, 5.74) is 8.06. The number of nitrogens with one attached hydrogen (secondary N) is 1. The molecule has 244 valence electrons. The van der Waals surface area contributed by atoms with Crippen molar-refractivity contribution < 1.29 is 65.5 Å².